The van der Waals surface area contributed by atoms with Gasteiger partial charge >= 0.3 is 5.97 Å². The highest BCUT2D eigenvalue weighted by atomic mass is 16.6. The molecule has 3 nitrogen and oxygen atoms in total. The number of epoxide rings is 1. The molecule has 1 saturated heterocycles. The van der Waals surface area contributed by atoms with Gasteiger partial charge in [-0.15, -0.1) is 0 Å². The van der Waals surface area contributed by atoms with Gasteiger partial charge in [0, 0.05) is 6.42 Å². The lowest BCUT2D eigenvalue weighted by Crippen LogP contribution is -2.03. The van der Waals surface area contributed by atoms with Crippen molar-refractivity contribution in [3.63, 3.8) is 0 Å². The predicted molar refractivity (Wildman–Crippen MR) is 95.5 cm³/mol. The first-order valence-corrected chi connectivity index (χ1v) is 9.74. The number of carbonyl (C=O) groups excluding carboxylic acids is 1. The lowest BCUT2D eigenvalue weighted by molar-refractivity contribution is -0.143. The molecule has 0 aromatic rings. The van der Waals surface area contributed by atoms with E-state index in [4.69, 9.17) is 9.47 Å². The molecule has 1 rings (SSSR count). The van der Waals surface area contributed by atoms with Crippen LogP contribution in [0.15, 0.2) is 12.2 Å². The number of hydrogen-bond donors (Lipinski definition) is 0. The maximum Gasteiger partial charge on any atom is 0.305 e. The Morgan fingerprint density at radius 2 is 1.74 bits per heavy atom. The third-order valence-corrected chi connectivity index (χ3v) is 4.37. The van der Waals surface area contributed by atoms with Gasteiger partial charge in [-0.05, 0) is 39.0 Å². The van der Waals surface area contributed by atoms with Crippen LogP contribution >= 0.6 is 0 Å². The summed E-state index contributed by atoms with van der Waals surface area (Å²) in [4.78, 5) is 11.2. The zero-order chi connectivity index (χ0) is 16.8. The van der Waals surface area contributed by atoms with Crippen molar-refractivity contribution in [3.05, 3.63) is 12.2 Å². The molecule has 1 aliphatic rings. The summed E-state index contributed by atoms with van der Waals surface area (Å²) < 4.78 is 10.6. The van der Waals surface area contributed by atoms with E-state index >= 15 is 0 Å². The van der Waals surface area contributed by atoms with Gasteiger partial charge < -0.3 is 9.47 Å². The summed E-state index contributed by atoms with van der Waals surface area (Å²) in [5.74, 6) is -0.0503. The van der Waals surface area contributed by atoms with Crippen LogP contribution in [0.2, 0.25) is 0 Å². The topological polar surface area (TPSA) is 38.8 Å². The van der Waals surface area contributed by atoms with Crippen molar-refractivity contribution in [2.45, 2.75) is 103 Å². The van der Waals surface area contributed by atoms with Gasteiger partial charge in [0.1, 0.15) is 0 Å². The van der Waals surface area contributed by atoms with Crippen LogP contribution in [0, 0.1) is 0 Å². The van der Waals surface area contributed by atoms with Crippen LogP contribution in [0.25, 0.3) is 0 Å². The van der Waals surface area contributed by atoms with Crippen LogP contribution in [0.3, 0.4) is 0 Å². The minimum absolute atomic E-state index is 0.0503. The zero-order valence-electron chi connectivity index (χ0n) is 15.2. The van der Waals surface area contributed by atoms with E-state index in [2.05, 4.69) is 19.1 Å². The summed E-state index contributed by atoms with van der Waals surface area (Å²) in [5.41, 5.74) is 0. The molecule has 23 heavy (non-hydrogen) atoms. The Hall–Kier alpha value is -0.830. The molecule has 2 unspecified atom stereocenters. The molecule has 134 valence electrons. The van der Waals surface area contributed by atoms with Gasteiger partial charge in [0.15, 0.2) is 0 Å². The number of unbranched alkanes of at least 4 members (excludes halogenated alkanes) is 7. The molecule has 0 aliphatic carbocycles. The highest BCUT2D eigenvalue weighted by Gasteiger charge is 2.36. The average Bonchev–Trinajstić information content (AvgIpc) is 3.28. The van der Waals surface area contributed by atoms with Gasteiger partial charge in [0.05, 0.1) is 18.8 Å². The minimum Gasteiger partial charge on any atom is -0.466 e. The third kappa shape index (κ3) is 11.4. The molecule has 0 amide bonds. The number of hydrogen-bond acceptors (Lipinski definition) is 3. The van der Waals surface area contributed by atoms with Gasteiger partial charge in [0.25, 0.3) is 0 Å². The van der Waals surface area contributed by atoms with Gasteiger partial charge in [-0.2, -0.15) is 0 Å². The first-order chi connectivity index (χ1) is 11.3. The number of ether oxygens (including phenoxy) is 2. The molecular weight excluding hydrogens is 288 g/mol. The van der Waals surface area contributed by atoms with Crippen molar-refractivity contribution < 1.29 is 14.3 Å². The molecule has 0 spiro atoms. The van der Waals surface area contributed by atoms with E-state index in [-0.39, 0.29) is 5.97 Å². The SMILES string of the molecule is CCCCCC1OC1CC=CCCCCCCCC(=O)OCC. The fourth-order valence-electron chi connectivity index (χ4n) is 2.88. The summed E-state index contributed by atoms with van der Waals surface area (Å²) in [6.45, 7) is 4.60. The summed E-state index contributed by atoms with van der Waals surface area (Å²) in [6, 6.07) is 0. The largest absolute Gasteiger partial charge is 0.466 e. The lowest BCUT2D eigenvalue weighted by atomic mass is 10.1. The van der Waals surface area contributed by atoms with Crippen molar-refractivity contribution in [2.75, 3.05) is 6.61 Å². The van der Waals surface area contributed by atoms with E-state index in [0.29, 0.717) is 25.2 Å². The highest BCUT2D eigenvalue weighted by Crippen LogP contribution is 2.30. The summed E-state index contributed by atoms with van der Waals surface area (Å²) in [5, 5.41) is 0. The normalized spacial score (nSPS) is 20.1. The number of carbonyl (C=O) groups is 1. The van der Waals surface area contributed by atoms with Crippen LogP contribution in [0.1, 0.15) is 90.9 Å². The van der Waals surface area contributed by atoms with E-state index in [0.717, 1.165) is 19.3 Å². The Kier molecular flexibility index (Phi) is 11.9. The monoisotopic (exact) mass is 324 g/mol. The molecule has 0 aromatic heterocycles. The third-order valence-electron chi connectivity index (χ3n) is 4.37. The van der Waals surface area contributed by atoms with E-state index in [1.807, 2.05) is 6.92 Å². The average molecular weight is 325 g/mol. The van der Waals surface area contributed by atoms with E-state index in [1.54, 1.807) is 0 Å². The molecular formula is C20H36O3. The number of rotatable bonds is 15. The number of esters is 1. The van der Waals surface area contributed by atoms with Crippen LogP contribution < -0.4 is 0 Å². The molecule has 1 aliphatic heterocycles. The summed E-state index contributed by atoms with van der Waals surface area (Å²) in [6.07, 6.45) is 19.5. The Morgan fingerprint density at radius 1 is 0.957 bits per heavy atom. The first-order valence-electron chi connectivity index (χ1n) is 9.74. The molecule has 1 fully saturated rings. The second-order valence-electron chi connectivity index (χ2n) is 6.53. The molecule has 0 N–H and O–H groups in total. The summed E-state index contributed by atoms with van der Waals surface area (Å²) in [7, 11) is 0. The van der Waals surface area contributed by atoms with E-state index in [9.17, 15) is 4.79 Å². The van der Waals surface area contributed by atoms with Gasteiger partial charge in [0.2, 0.25) is 0 Å². The molecule has 2 atom stereocenters. The van der Waals surface area contributed by atoms with E-state index in [1.165, 1.54) is 51.4 Å². The molecule has 0 radical (unpaired) electrons. The Labute approximate surface area is 142 Å². The van der Waals surface area contributed by atoms with Crippen LogP contribution in [-0.4, -0.2) is 24.8 Å². The molecule has 0 aromatic carbocycles. The molecule has 1 heterocycles. The van der Waals surface area contributed by atoms with Crippen molar-refractivity contribution in [1.82, 2.24) is 0 Å². The van der Waals surface area contributed by atoms with Crippen LogP contribution in [0.5, 0.6) is 0 Å². The Bertz CT molecular complexity index is 325. The quantitative estimate of drug-likeness (QED) is 0.171. The molecule has 3 heteroatoms. The fraction of sp³-hybridized carbons (Fsp3) is 0.850. The highest BCUT2D eigenvalue weighted by molar-refractivity contribution is 5.69. The van der Waals surface area contributed by atoms with Gasteiger partial charge in [-0.25, -0.2) is 0 Å². The number of allylic oxidation sites excluding steroid dienone is 1. The predicted octanol–water partition coefficient (Wildman–Crippen LogP) is 5.57. The van der Waals surface area contributed by atoms with E-state index < -0.39 is 0 Å². The Balaban J connectivity index is 1.80. The van der Waals surface area contributed by atoms with Crippen molar-refractivity contribution >= 4 is 5.97 Å². The zero-order valence-corrected chi connectivity index (χ0v) is 15.2. The van der Waals surface area contributed by atoms with Gasteiger partial charge in [-0.3, -0.25) is 4.79 Å². The van der Waals surface area contributed by atoms with Gasteiger partial charge in [-0.1, -0.05) is 57.6 Å². The first kappa shape index (κ1) is 20.2. The Morgan fingerprint density at radius 3 is 2.52 bits per heavy atom. The smallest absolute Gasteiger partial charge is 0.305 e. The fourth-order valence-corrected chi connectivity index (χ4v) is 2.88. The molecule has 0 saturated carbocycles. The standard InChI is InChI=1S/C20H36O3/c1-3-5-12-15-18-19(23-18)16-13-10-8-6-7-9-11-14-17-20(21)22-4-2/h10,13,18-19H,3-9,11-12,14-17H2,1-2H3. The minimum atomic E-state index is -0.0503. The second kappa shape index (κ2) is 13.6. The van der Waals surface area contributed by atoms with Crippen molar-refractivity contribution in [2.24, 2.45) is 0 Å². The second-order valence-corrected chi connectivity index (χ2v) is 6.53. The molecule has 0 bridgehead atoms. The van der Waals surface area contributed by atoms with Crippen LogP contribution in [0.4, 0.5) is 0 Å². The van der Waals surface area contributed by atoms with Crippen molar-refractivity contribution in [3.8, 4) is 0 Å². The maximum atomic E-state index is 11.2. The van der Waals surface area contributed by atoms with Crippen molar-refractivity contribution in [1.29, 1.82) is 0 Å². The lowest BCUT2D eigenvalue weighted by Gasteiger charge is -2.01. The summed E-state index contributed by atoms with van der Waals surface area (Å²) >= 11 is 0. The maximum absolute atomic E-state index is 11.2. The van der Waals surface area contributed by atoms with Crippen LogP contribution in [-0.2, 0) is 14.3 Å².